The van der Waals surface area contributed by atoms with E-state index in [4.69, 9.17) is 4.74 Å². The summed E-state index contributed by atoms with van der Waals surface area (Å²) in [4.78, 5) is 18.0. The number of carbonyl (C=O) groups excluding carboxylic acids is 1. The van der Waals surface area contributed by atoms with Gasteiger partial charge in [-0.05, 0) is 48.6 Å². The molecule has 1 saturated heterocycles. The van der Waals surface area contributed by atoms with Crippen molar-refractivity contribution in [2.45, 2.75) is 32.1 Å². The predicted octanol–water partition coefficient (Wildman–Crippen LogP) is 4.69. The second kappa shape index (κ2) is 9.10. The first-order chi connectivity index (χ1) is 15.3. The van der Waals surface area contributed by atoms with E-state index in [0.717, 1.165) is 11.3 Å². The second-order valence-electron chi connectivity index (χ2n) is 7.97. The third kappa shape index (κ3) is 4.81. The number of nitrogens with zero attached hydrogens (tertiary/aromatic N) is 3. The van der Waals surface area contributed by atoms with E-state index < -0.39 is 12.0 Å². The number of urea groups is 1. The molecule has 3 aromatic rings. The fourth-order valence-corrected chi connectivity index (χ4v) is 4.09. The van der Waals surface area contributed by atoms with Crippen LogP contribution in [0, 0.1) is 5.92 Å². The number of imidazole rings is 1. The Labute approximate surface area is 184 Å². The van der Waals surface area contributed by atoms with Crippen molar-refractivity contribution in [1.29, 1.82) is 0 Å². The zero-order valence-electron chi connectivity index (χ0n) is 17.7. The number of fused-ring (bicyclic) bond motifs is 1. The average Bonchev–Trinajstić information content (AvgIpc) is 3.17. The number of methoxy groups -OCH3 is 1. The monoisotopic (exact) mass is 446 g/mol. The molecule has 170 valence electrons. The molecular formula is C23H25F3N4O2. The number of aromatic nitrogens is 2. The summed E-state index contributed by atoms with van der Waals surface area (Å²) in [6.45, 7) is 1.65. The lowest BCUT2D eigenvalue weighted by atomic mass is 9.96. The Bertz CT molecular complexity index is 1070. The van der Waals surface area contributed by atoms with Crippen molar-refractivity contribution in [3.05, 3.63) is 59.9 Å². The van der Waals surface area contributed by atoms with Gasteiger partial charge in [-0.25, -0.2) is 9.78 Å². The number of alkyl halides is 3. The third-order valence-corrected chi connectivity index (χ3v) is 5.85. The predicted molar refractivity (Wildman–Crippen MR) is 114 cm³/mol. The molecule has 1 fully saturated rings. The molecule has 1 N–H and O–H groups in total. The normalized spacial score (nSPS) is 15.2. The van der Waals surface area contributed by atoms with Crippen molar-refractivity contribution in [2.24, 2.45) is 5.92 Å². The van der Waals surface area contributed by atoms with Crippen molar-refractivity contribution >= 4 is 17.1 Å². The number of hydrogen-bond acceptors (Lipinski definition) is 3. The molecule has 0 aliphatic carbocycles. The number of piperidine rings is 1. The summed E-state index contributed by atoms with van der Waals surface area (Å²) in [6, 6.07) is 13.9. The Balaban J connectivity index is 1.34. The van der Waals surface area contributed by atoms with Crippen LogP contribution in [0.4, 0.5) is 18.0 Å². The molecule has 6 nitrogen and oxygen atoms in total. The quantitative estimate of drug-likeness (QED) is 0.619. The first-order valence-electron chi connectivity index (χ1n) is 10.5. The van der Waals surface area contributed by atoms with Crippen molar-refractivity contribution in [3.63, 3.8) is 0 Å². The SMILES string of the molecule is COc1ccc(CNC(=O)N2CCC(Cn3c(C(F)(F)F)nc4ccccc43)CC2)cc1. The lowest BCUT2D eigenvalue weighted by molar-refractivity contribution is -0.147. The molecule has 0 radical (unpaired) electrons. The lowest BCUT2D eigenvalue weighted by Crippen LogP contribution is -2.44. The molecular weight excluding hydrogens is 421 g/mol. The summed E-state index contributed by atoms with van der Waals surface area (Å²) in [6.07, 6.45) is -3.24. The zero-order chi connectivity index (χ0) is 22.7. The Morgan fingerprint density at radius 2 is 1.81 bits per heavy atom. The minimum atomic E-state index is -4.51. The molecule has 0 atom stereocenters. The number of halogens is 3. The number of ether oxygens (including phenoxy) is 1. The summed E-state index contributed by atoms with van der Waals surface area (Å²) in [5.41, 5.74) is 1.79. The molecule has 1 aliphatic heterocycles. The second-order valence-corrected chi connectivity index (χ2v) is 7.97. The first kappa shape index (κ1) is 22.0. The van der Waals surface area contributed by atoms with Crippen LogP contribution < -0.4 is 10.1 Å². The first-order valence-corrected chi connectivity index (χ1v) is 10.5. The highest BCUT2D eigenvalue weighted by atomic mass is 19.4. The van der Waals surface area contributed by atoms with Crippen LogP contribution in [-0.4, -0.2) is 40.7 Å². The summed E-state index contributed by atoms with van der Waals surface area (Å²) in [7, 11) is 1.60. The zero-order valence-corrected chi connectivity index (χ0v) is 17.7. The van der Waals surface area contributed by atoms with Gasteiger partial charge in [0.2, 0.25) is 5.82 Å². The fraction of sp³-hybridized carbons (Fsp3) is 0.391. The van der Waals surface area contributed by atoms with Crippen LogP contribution in [0.3, 0.4) is 0 Å². The maximum Gasteiger partial charge on any atom is 0.449 e. The van der Waals surface area contributed by atoms with Gasteiger partial charge >= 0.3 is 12.2 Å². The van der Waals surface area contributed by atoms with Gasteiger partial charge in [0, 0.05) is 26.2 Å². The van der Waals surface area contributed by atoms with E-state index in [1.165, 1.54) is 4.57 Å². The number of rotatable bonds is 5. The van der Waals surface area contributed by atoms with Crippen LogP contribution in [0.1, 0.15) is 24.2 Å². The van der Waals surface area contributed by atoms with Crippen molar-refractivity contribution in [1.82, 2.24) is 19.8 Å². The van der Waals surface area contributed by atoms with E-state index in [1.54, 1.807) is 36.3 Å². The van der Waals surface area contributed by atoms with Crippen LogP contribution in [0.2, 0.25) is 0 Å². The van der Waals surface area contributed by atoms with Crippen LogP contribution in [-0.2, 0) is 19.3 Å². The minimum Gasteiger partial charge on any atom is -0.497 e. The Kier molecular flexibility index (Phi) is 6.25. The number of nitrogens with one attached hydrogen (secondary N) is 1. The number of likely N-dealkylation sites (tertiary alicyclic amines) is 1. The summed E-state index contributed by atoms with van der Waals surface area (Å²) in [5.74, 6) is -0.0702. The molecule has 9 heteroatoms. The van der Waals surface area contributed by atoms with Crippen LogP contribution in [0.25, 0.3) is 11.0 Å². The van der Waals surface area contributed by atoms with Gasteiger partial charge in [-0.15, -0.1) is 0 Å². The van der Waals surface area contributed by atoms with Gasteiger partial charge in [0.1, 0.15) is 5.75 Å². The number of hydrogen-bond donors (Lipinski definition) is 1. The number of benzene rings is 2. The molecule has 2 amide bonds. The average molecular weight is 446 g/mol. The number of amides is 2. The van der Waals surface area contributed by atoms with E-state index in [0.29, 0.717) is 43.5 Å². The standard InChI is InChI=1S/C23H25F3N4O2/c1-32-18-8-6-16(7-9-18)14-27-22(31)29-12-10-17(11-13-29)15-30-20-5-3-2-4-19(20)28-21(30)23(24,25)26/h2-9,17H,10-15H2,1H3,(H,27,31). The highest BCUT2D eigenvalue weighted by Crippen LogP contribution is 2.33. The maximum absolute atomic E-state index is 13.5. The smallest absolute Gasteiger partial charge is 0.449 e. The van der Waals surface area contributed by atoms with Gasteiger partial charge in [-0.1, -0.05) is 24.3 Å². The Hall–Kier alpha value is -3.23. The Morgan fingerprint density at radius 3 is 2.47 bits per heavy atom. The lowest BCUT2D eigenvalue weighted by Gasteiger charge is -2.32. The summed E-state index contributed by atoms with van der Waals surface area (Å²) in [5, 5.41) is 2.90. The minimum absolute atomic E-state index is 0.0411. The fourth-order valence-electron chi connectivity index (χ4n) is 4.09. The van der Waals surface area contributed by atoms with Crippen molar-refractivity contribution in [2.75, 3.05) is 20.2 Å². The van der Waals surface area contributed by atoms with E-state index in [9.17, 15) is 18.0 Å². The molecule has 0 unspecified atom stereocenters. The van der Waals surface area contributed by atoms with Gasteiger partial charge in [-0.3, -0.25) is 0 Å². The summed E-state index contributed by atoms with van der Waals surface area (Å²) < 4.78 is 47.0. The summed E-state index contributed by atoms with van der Waals surface area (Å²) >= 11 is 0. The highest BCUT2D eigenvalue weighted by molar-refractivity contribution is 5.76. The molecule has 2 heterocycles. The molecule has 0 spiro atoms. The van der Waals surface area contributed by atoms with E-state index in [1.807, 2.05) is 24.3 Å². The number of carbonyl (C=O) groups is 1. The van der Waals surface area contributed by atoms with Gasteiger partial charge in [-0.2, -0.15) is 13.2 Å². The largest absolute Gasteiger partial charge is 0.497 e. The molecule has 0 saturated carbocycles. The Morgan fingerprint density at radius 1 is 1.12 bits per heavy atom. The molecule has 0 bridgehead atoms. The van der Waals surface area contributed by atoms with Gasteiger partial charge in [0.05, 0.1) is 18.1 Å². The maximum atomic E-state index is 13.5. The van der Waals surface area contributed by atoms with E-state index >= 15 is 0 Å². The van der Waals surface area contributed by atoms with E-state index in [-0.39, 0.29) is 18.5 Å². The van der Waals surface area contributed by atoms with Crippen LogP contribution in [0.15, 0.2) is 48.5 Å². The van der Waals surface area contributed by atoms with Crippen LogP contribution in [0.5, 0.6) is 5.75 Å². The number of para-hydroxylation sites is 2. The topological polar surface area (TPSA) is 59.4 Å². The van der Waals surface area contributed by atoms with Gasteiger partial charge < -0.3 is 19.5 Å². The third-order valence-electron chi connectivity index (χ3n) is 5.85. The molecule has 4 rings (SSSR count). The molecule has 32 heavy (non-hydrogen) atoms. The van der Waals surface area contributed by atoms with Crippen molar-refractivity contribution in [3.8, 4) is 5.75 Å². The molecule has 2 aromatic carbocycles. The molecule has 1 aliphatic rings. The van der Waals surface area contributed by atoms with Gasteiger partial charge in [0.15, 0.2) is 0 Å². The van der Waals surface area contributed by atoms with E-state index in [2.05, 4.69) is 10.3 Å². The van der Waals surface area contributed by atoms with Crippen LogP contribution >= 0.6 is 0 Å². The highest BCUT2D eigenvalue weighted by Gasteiger charge is 2.38. The van der Waals surface area contributed by atoms with Gasteiger partial charge in [0.25, 0.3) is 0 Å². The molecule has 1 aromatic heterocycles. The van der Waals surface area contributed by atoms with Crippen molar-refractivity contribution < 1.29 is 22.7 Å².